The van der Waals surface area contributed by atoms with E-state index in [1.807, 2.05) is 6.07 Å². The third-order valence-corrected chi connectivity index (χ3v) is 5.48. The first kappa shape index (κ1) is 23.7. The lowest BCUT2D eigenvalue weighted by Crippen LogP contribution is -2.39. The summed E-state index contributed by atoms with van der Waals surface area (Å²) in [5, 5.41) is 8.65. The fraction of sp³-hybridized carbons (Fsp3) is 0.304. The number of halogens is 1. The molecule has 2 aromatic carbocycles. The third-order valence-electron chi connectivity index (χ3n) is 5.25. The fourth-order valence-electron chi connectivity index (χ4n) is 3.52. The zero-order valence-corrected chi connectivity index (χ0v) is 18.6. The van der Waals surface area contributed by atoms with Crippen LogP contribution in [0.3, 0.4) is 0 Å². The van der Waals surface area contributed by atoms with Crippen molar-refractivity contribution >= 4 is 23.2 Å². The van der Waals surface area contributed by atoms with Gasteiger partial charge in [0.25, 0.3) is 0 Å². The molecule has 2 atom stereocenters. The van der Waals surface area contributed by atoms with Gasteiger partial charge in [0.1, 0.15) is 11.9 Å². The molecule has 1 aromatic heterocycles. The van der Waals surface area contributed by atoms with Crippen LogP contribution in [0.4, 0.5) is 0 Å². The van der Waals surface area contributed by atoms with E-state index in [2.05, 4.69) is 10.2 Å². The van der Waals surface area contributed by atoms with Gasteiger partial charge in [-0.15, -0.1) is 10.2 Å². The van der Waals surface area contributed by atoms with E-state index in [-0.39, 0.29) is 17.4 Å². The molecule has 3 aromatic rings. The van der Waals surface area contributed by atoms with Crippen LogP contribution in [-0.4, -0.2) is 38.9 Å². The van der Waals surface area contributed by atoms with Crippen molar-refractivity contribution < 1.29 is 9.59 Å². The summed E-state index contributed by atoms with van der Waals surface area (Å²) in [6.07, 6.45) is 1.99. The molecule has 0 saturated heterocycles. The van der Waals surface area contributed by atoms with Crippen molar-refractivity contribution in [3.05, 3.63) is 76.3 Å². The SMILES string of the molecule is Cc1nnc(C(N)C(=O)[C@@H](N)CCCCN)n1-c1ccc(Cl)cc1C(=O)c1ccccc1. The predicted molar refractivity (Wildman–Crippen MR) is 124 cm³/mol. The van der Waals surface area contributed by atoms with Gasteiger partial charge in [-0.2, -0.15) is 0 Å². The zero-order valence-electron chi connectivity index (χ0n) is 17.9. The molecule has 8 nitrogen and oxygen atoms in total. The standard InChI is InChI=1S/C23H27ClN6O2/c1-14-28-29-23(20(27)22(32)18(26)9-5-6-12-25)30(14)19-11-10-16(24)13-17(19)21(31)15-7-3-2-4-8-15/h2-4,7-8,10-11,13,18,20H,5-6,9,12,25-27H2,1H3/t18-,20?/m0/s1. The molecule has 3 rings (SSSR count). The van der Waals surface area contributed by atoms with Gasteiger partial charge >= 0.3 is 0 Å². The summed E-state index contributed by atoms with van der Waals surface area (Å²) < 4.78 is 1.61. The number of aryl methyl sites for hydroxylation is 1. The van der Waals surface area contributed by atoms with Gasteiger partial charge in [-0.25, -0.2) is 0 Å². The Hall–Kier alpha value is -2.91. The van der Waals surface area contributed by atoms with Crippen molar-refractivity contribution in [2.24, 2.45) is 17.2 Å². The Bertz CT molecular complexity index is 1100. The molecule has 1 heterocycles. The largest absolute Gasteiger partial charge is 0.330 e. The maximum atomic E-state index is 13.3. The summed E-state index contributed by atoms with van der Waals surface area (Å²) in [5.41, 5.74) is 19.2. The molecule has 9 heteroatoms. The molecule has 168 valence electrons. The molecule has 0 spiro atoms. The number of unbranched alkanes of at least 4 members (excludes halogenated alkanes) is 1. The average molecular weight is 455 g/mol. The number of benzene rings is 2. The second-order valence-electron chi connectivity index (χ2n) is 7.57. The van der Waals surface area contributed by atoms with Crippen LogP contribution >= 0.6 is 11.6 Å². The maximum absolute atomic E-state index is 13.3. The van der Waals surface area contributed by atoms with Gasteiger partial charge in [0.15, 0.2) is 17.4 Å². The molecular formula is C23H27ClN6O2. The smallest absolute Gasteiger partial charge is 0.195 e. The summed E-state index contributed by atoms with van der Waals surface area (Å²) >= 11 is 6.21. The highest BCUT2D eigenvalue weighted by Crippen LogP contribution is 2.26. The Labute approximate surface area is 191 Å². The van der Waals surface area contributed by atoms with Crippen LogP contribution in [0.15, 0.2) is 48.5 Å². The summed E-state index contributed by atoms with van der Waals surface area (Å²) in [6, 6.07) is 12.0. The van der Waals surface area contributed by atoms with Crippen molar-refractivity contribution in [3.63, 3.8) is 0 Å². The quantitative estimate of drug-likeness (QED) is 0.315. The lowest BCUT2D eigenvalue weighted by atomic mass is 9.99. The highest BCUT2D eigenvalue weighted by Gasteiger charge is 2.29. The summed E-state index contributed by atoms with van der Waals surface area (Å²) in [4.78, 5) is 26.1. The van der Waals surface area contributed by atoms with Gasteiger partial charge in [-0.3, -0.25) is 14.2 Å². The first-order valence-electron chi connectivity index (χ1n) is 10.4. The molecule has 0 amide bonds. The summed E-state index contributed by atoms with van der Waals surface area (Å²) in [5.74, 6) is 0.122. The molecule has 0 fully saturated rings. The molecule has 0 aliphatic carbocycles. The third kappa shape index (κ3) is 5.11. The van der Waals surface area contributed by atoms with Crippen LogP contribution < -0.4 is 17.2 Å². The number of hydrogen-bond donors (Lipinski definition) is 3. The number of nitrogens with two attached hydrogens (primary N) is 3. The lowest BCUT2D eigenvalue weighted by molar-refractivity contribution is -0.122. The van der Waals surface area contributed by atoms with E-state index in [4.69, 9.17) is 28.8 Å². The average Bonchev–Trinajstić information content (AvgIpc) is 3.19. The van der Waals surface area contributed by atoms with Gasteiger partial charge < -0.3 is 17.2 Å². The van der Waals surface area contributed by atoms with Crippen molar-refractivity contribution in [1.82, 2.24) is 14.8 Å². The van der Waals surface area contributed by atoms with Gasteiger partial charge in [0.2, 0.25) is 0 Å². The van der Waals surface area contributed by atoms with E-state index in [0.717, 1.165) is 12.8 Å². The van der Waals surface area contributed by atoms with Crippen LogP contribution in [-0.2, 0) is 4.79 Å². The second kappa shape index (κ2) is 10.6. The number of rotatable bonds is 10. The van der Waals surface area contributed by atoms with Crippen LogP contribution in [0.25, 0.3) is 5.69 Å². The molecule has 0 aliphatic heterocycles. The Kier molecular flexibility index (Phi) is 7.87. The lowest BCUT2D eigenvalue weighted by Gasteiger charge is -2.19. The van der Waals surface area contributed by atoms with Gasteiger partial charge in [0, 0.05) is 16.1 Å². The minimum absolute atomic E-state index is 0.214. The van der Waals surface area contributed by atoms with E-state index >= 15 is 0 Å². The van der Waals surface area contributed by atoms with E-state index < -0.39 is 12.1 Å². The predicted octanol–water partition coefficient (Wildman–Crippen LogP) is 2.49. The normalized spacial score (nSPS) is 13.0. The highest BCUT2D eigenvalue weighted by molar-refractivity contribution is 6.31. The van der Waals surface area contributed by atoms with Crippen molar-refractivity contribution in [3.8, 4) is 5.69 Å². The number of aromatic nitrogens is 3. The Morgan fingerprint density at radius 2 is 1.78 bits per heavy atom. The molecule has 6 N–H and O–H groups in total. The minimum atomic E-state index is -1.10. The monoisotopic (exact) mass is 454 g/mol. The molecule has 1 unspecified atom stereocenters. The number of carbonyl (C=O) groups is 2. The topological polar surface area (TPSA) is 143 Å². The van der Waals surface area contributed by atoms with Crippen molar-refractivity contribution in [2.45, 2.75) is 38.3 Å². The minimum Gasteiger partial charge on any atom is -0.330 e. The van der Waals surface area contributed by atoms with Crippen LogP contribution in [0.5, 0.6) is 0 Å². The first-order valence-corrected chi connectivity index (χ1v) is 10.8. The number of nitrogens with zero attached hydrogens (tertiary/aromatic N) is 3. The Balaban J connectivity index is 2.01. The zero-order chi connectivity index (χ0) is 23.3. The Morgan fingerprint density at radius 1 is 1.06 bits per heavy atom. The van der Waals surface area contributed by atoms with E-state index in [9.17, 15) is 9.59 Å². The van der Waals surface area contributed by atoms with Gasteiger partial charge in [-0.05, 0) is 44.5 Å². The van der Waals surface area contributed by atoms with E-state index in [0.29, 0.717) is 40.6 Å². The summed E-state index contributed by atoms with van der Waals surface area (Å²) in [6.45, 7) is 2.26. The first-order chi connectivity index (χ1) is 15.3. The number of Topliss-reactive ketones (excluding diaryl/α,β-unsaturated/α-hetero) is 1. The van der Waals surface area contributed by atoms with Crippen molar-refractivity contribution in [1.29, 1.82) is 0 Å². The molecule has 0 bridgehead atoms. The van der Waals surface area contributed by atoms with Crippen LogP contribution in [0.2, 0.25) is 5.02 Å². The van der Waals surface area contributed by atoms with Crippen LogP contribution in [0, 0.1) is 6.92 Å². The molecule has 32 heavy (non-hydrogen) atoms. The molecule has 0 radical (unpaired) electrons. The summed E-state index contributed by atoms with van der Waals surface area (Å²) in [7, 11) is 0. The number of ketones is 2. The van der Waals surface area contributed by atoms with Crippen molar-refractivity contribution in [2.75, 3.05) is 6.54 Å². The van der Waals surface area contributed by atoms with Crippen LogP contribution in [0.1, 0.15) is 52.9 Å². The Morgan fingerprint density at radius 3 is 2.47 bits per heavy atom. The van der Waals surface area contributed by atoms with Gasteiger partial charge in [0.05, 0.1) is 11.7 Å². The number of hydrogen-bond acceptors (Lipinski definition) is 7. The number of carbonyl (C=O) groups excluding carboxylic acids is 2. The fourth-order valence-corrected chi connectivity index (χ4v) is 3.69. The van der Waals surface area contributed by atoms with E-state index in [1.54, 1.807) is 54.0 Å². The maximum Gasteiger partial charge on any atom is 0.195 e. The molecule has 0 saturated carbocycles. The van der Waals surface area contributed by atoms with Gasteiger partial charge in [-0.1, -0.05) is 48.4 Å². The molecule has 0 aliphatic rings. The molecular weight excluding hydrogens is 428 g/mol. The second-order valence-corrected chi connectivity index (χ2v) is 8.00. The highest BCUT2D eigenvalue weighted by atomic mass is 35.5. The van der Waals surface area contributed by atoms with E-state index in [1.165, 1.54) is 0 Å².